The third-order valence-corrected chi connectivity index (χ3v) is 5.75. The summed E-state index contributed by atoms with van der Waals surface area (Å²) in [5.74, 6) is -0.126. The highest BCUT2D eigenvalue weighted by Crippen LogP contribution is 2.10. The van der Waals surface area contributed by atoms with Crippen molar-refractivity contribution in [3.63, 3.8) is 0 Å². The second-order valence-electron chi connectivity index (χ2n) is 9.08. The second-order valence-corrected chi connectivity index (χ2v) is 9.08. The van der Waals surface area contributed by atoms with Crippen LogP contribution in [0.2, 0.25) is 0 Å². The van der Waals surface area contributed by atoms with Crippen LogP contribution in [0.1, 0.15) is 104 Å². The number of hydrogen-bond acceptors (Lipinski definition) is 3. The summed E-state index contributed by atoms with van der Waals surface area (Å²) < 4.78 is 0. The normalized spacial score (nSPS) is 14.4. The van der Waals surface area contributed by atoms with Crippen molar-refractivity contribution < 1.29 is 15.0 Å². The van der Waals surface area contributed by atoms with Gasteiger partial charge in [-0.2, -0.15) is 0 Å². The monoisotopic (exact) mass is 499 g/mol. The van der Waals surface area contributed by atoms with Crippen LogP contribution in [0.5, 0.6) is 0 Å². The number of carbonyl (C=O) groups is 1. The molecule has 4 heteroatoms. The molecular formula is C32H53NO3. The Balaban J connectivity index is 3.82. The minimum Gasteiger partial charge on any atom is -0.394 e. The maximum absolute atomic E-state index is 12.1. The van der Waals surface area contributed by atoms with Crippen LogP contribution in [-0.2, 0) is 4.79 Å². The van der Waals surface area contributed by atoms with E-state index in [9.17, 15) is 15.0 Å². The van der Waals surface area contributed by atoms with Crippen LogP contribution >= 0.6 is 0 Å². The molecule has 4 nitrogen and oxygen atoms in total. The molecule has 0 bridgehead atoms. The van der Waals surface area contributed by atoms with Crippen LogP contribution < -0.4 is 5.32 Å². The van der Waals surface area contributed by atoms with Gasteiger partial charge >= 0.3 is 0 Å². The summed E-state index contributed by atoms with van der Waals surface area (Å²) in [4.78, 5) is 12.1. The van der Waals surface area contributed by atoms with Crippen molar-refractivity contribution in [2.45, 2.75) is 116 Å². The average Bonchev–Trinajstić information content (AvgIpc) is 2.88. The van der Waals surface area contributed by atoms with Crippen LogP contribution in [0, 0.1) is 0 Å². The van der Waals surface area contributed by atoms with E-state index in [4.69, 9.17) is 0 Å². The second kappa shape index (κ2) is 27.4. The standard InChI is InChI=1S/C32H53NO3/c1-3-5-7-9-10-11-12-13-14-15-16-17-18-19-20-21-22-24-26-28-32(36)33-30(29-34)31(35)27-25-23-8-6-4-2/h5,7,10-11,13-14,16-17,19-20,22,24,30-31,34-35H,3-4,6,8-9,12,15,18,21,23,25-29H2,1-2H3,(H,33,36)/b7-5-,11-10-,14-13-,17-16-,20-19-,24-22-. The summed E-state index contributed by atoms with van der Waals surface area (Å²) in [6.07, 6.45) is 38.3. The molecule has 0 radical (unpaired) electrons. The van der Waals surface area contributed by atoms with Gasteiger partial charge in [-0.25, -0.2) is 0 Å². The number of amides is 1. The van der Waals surface area contributed by atoms with Crippen LogP contribution in [-0.4, -0.2) is 34.9 Å². The first-order chi connectivity index (χ1) is 17.7. The van der Waals surface area contributed by atoms with E-state index >= 15 is 0 Å². The Morgan fingerprint density at radius 3 is 1.64 bits per heavy atom. The van der Waals surface area contributed by atoms with Crippen molar-refractivity contribution in [1.29, 1.82) is 0 Å². The molecule has 0 aromatic carbocycles. The van der Waals surface area contributed by atoms with E-state index in [1.807, 2.05) is 6.08 Å². The van der Waals surface area contributed by atoms with E-state index in [1.165, 1.54) is 19.3 Å². The van der Waals surface area contributed by atoms with E-state index in [0.29, 0.717) is 19.3 Å². The van der Waals surface area contributed by atoms with Crippen molar-refractivity contribution >= 4 is 5.91 Å². The number of nitrogens with one attached hydrogen (secondary N) is 1. The molecule has 0 aromatic heterocycles. The van der Waals surface area contributed by atoms with E-state index in [2.05, 4.69) is 86.0 Å². The third kappa shape index (κ3) is 23.6. The molecule has 0 spiro atoms. The molecule has 0 fully saturated rings. The van der Waals surface area contributed by atoms with Gasteiger partial charge in [0, 0.05) is 6.42 Å². The first-order valence-corrected chi connectivity index (χ1v) is 14.1. The number of allylic oxidation sites excluding steroid dienone is 12. The average molecular weight is 500 g/mol. The van der Waals surface area contributed by atoms with E-state index in [1.54, 1.807) is 0 Å². The zero-order chi connectivity index (χ0) is 26.5. The fraction of sp³-hybridized carbons (Fsp3) is 0.594. The number of aliphatic hydroxyl groups is 2. The fourth-order valence-electron chi connectivity index (χ4n) is 3.55. The van der Waals surface area contributed by atoms with Gasteiger partial charge in [-0.05, 0) is 51.4 Å². The predicted octanol–water partition coefficient (Wildman–Crippen LogP) is 7.66. The molecular weight excluding hydrogens is 446 g/mol. The molecule has 0 saturated carbocycles. The number of carbonyl (C=O) groups excluding carboxylic acids is 1. The van der Waals surface area contributed by atoms with Crippen LogP contribution in [0.25, 0.3) is 0 Å². The Morgan fingerprint density at radius 2 is 1.17 bits per heavy atom. The summed E-state index contributed by atoms with van der Waals surface area (Å²) in [7, 11) is 0. The van der Waals surface area contributed by atoms with Gasteiger partial charge in [0.25, 0.3) is 0 Å². The zero-order valence-corrected chi connectivity index (χ0v) is 23.0. The first kappa shape index (κ1) is 33.8. The van der Waals surface area contributed by atoms with Gasteiger partial charge in [0.2, 0.25) is 5.91 Å². The number of unbranched alkanes of at least 4 members (excludes halogenated alkanes) is 4. The number of hydrogen-bond donors (Lipinski definition) is 3. The summed E-state index contributed by atoms with van der Waals surface area (Å²) >= 11 is 0. The summed E-state index contributed by atoms with van der Waals surface area (Å²) in [6.45, 7) is 4.09. The fourth-order valence-corrected chi connectivity index (χ4v) is 3.55. The van der Waals surface area contributed by atoms with Gasteiger partial charge in [-0.1, -0.05) is 119 Å². The smallest absolute Gasteiger partial charge is 0.220 e. The lowest BCUT2D eigenvalue weighted by Crippen LogP contribution is -2.45. The van der Waals surface area contributed by atoms with Gasteiger partial charge < -0.3 is 15.5 Å². The van der Waals surface area contributed by atoms with Crippen molar-refractivity contribution in [3.05, 3.63) is 72.9 Å². The molecule has 0 aliphatic carbocycles. The minimum atomic E-state index is -0.688. The molecule has 204 valence electrons. The third-order valence-electron chi connectivity index (χ3n) is 5.75. The van der Waals surface area contributed by atoms with E-state index < -0.39 is 12.1 Å². The number of rotatable bonds is 23. The molecule has 0 aliphatic rings. The largest absolute Gasteiger partial charge is 0.394 e. The molecule has 2 unspecified atom stereocenters. The Bertz CT molecular complexity index is 673. The molecule has 3 N–H and O–H groups in total. The van der Waals surface area contributed by atoms with Gasteiger partial charge in [0.15, 0.2) is 0 Å². The zero-order valence-electron chi connectivity index (χ0n) is 23.0. The lowest BCUT2D eigenvalue weighted by atomic mass is 10.0. The van der Waals surface area contributed by atoms with Crippen molar-refractivity contribution in [2.24, 2.45) is 0 Å². The highest BCUT2D eigenvalue weighted by molar-refractivity contribution is 5.76. The van der Waals surface area contributed by atoms with Crippen molar-refractivity contribution in [3.8, 4) is 0 Å². The molecule has 1 amide bonds. The Morgan fingerprint density at radius 1 is 0.694 bits per heavy atom. The van der Waals surface area contributed by atoms with Gasteiger partial charge in [-0.3, -0.25) is 4.79 Å². The first-order valence-electron chi connectivity index (χ1n) is 14.1. The predicted molar refractivity (Wildman–Crippen MR) is 156 cm³/mol. The van der Waals surface area contributed by atoms with E-state index in [-0.39, 0.29) is 12.5 Å². The molecule has 0 rings (SSSR count). The highest BCUT2D eigenvalue weighted by atomic mass is 16.3. The Hall–Kier alpha value is -2.17. The molecule has 2 atom stereocenters. The molecule has 0 aliphatic heterocycles. The molecule has 0 saturated heterocycles. The molecule has 0 aromatic rings. The molecule has 36 heavy (non-hydrogen) atoms. The SMILES string of the molecule is CC/C=C\C/C=C\C/C=C\C/C=C\C/C=C\C/C=C\CCC(=O)NC(CO)C(O)CCCCCCC. The quantitative estimate of drug-likeness (QED) is 0.0998. The van der Waals surface area contributed by atoms with Crippen molar-refractivity contribution in [1.82, 2.24) is 5.32 Å². The lowest BCUT2D eigenvalue weighted by molar-refractivity contribution is -0.123. The summed E-state index contributed by atoms with van der Waals surface area (Å²) in [5, 5.41) is 22.5. The minimum absolute atomic E-state index is 0.126. The Labute approximate surface area is 221 Å². The van der Waals surface area contributed by atoms with Crippen LogP contribution in [0.4, 0.5) is 0 Å². The van der Waals surface area contributed by atoms with Crippen LogP contribution in [0.3, 0.4) is 0 Å². The Kier molecular flexibility index (Phi) is 25.8. The van der Waals surface area contributed by atoms with E-state index in [0.717, 1.165) is 51.4 Å². The highest BCUT2D eigenvalue weighted by Gasteiger charge is 2.19. The van der Waals surface area contributed by atoms with Crippen molar-refractivity contribution in [2.75, 3.05) is 6.61 Å². The van der Waals surface area contributed by atoms with Gasteiger partial charge in [0.1, 0.15) is 0 Å². The maximum atomic E-state index is 12.1. The lowest BCUT2D eigenvalue weighted by Gasteiger charge is -2.22. The molecule has 0 heterocycles. The number of aliphatic hydroxyl groups excluding tert-OH is 2. The van der Waals surface area contributed by atoms with Gasteiger partial charge in [-0.15, -0.1) is 0 Å². The summed E-state index contributed by atoms with van der Waals surface area (Å²) in [6, 6.07) is -0.575. The topological polar surface area (TPSA) is 69.6 Å². The maximum Gasteiger partial charge on any atom is 0.220 e. The van der Waals surface area contributed by atoms with Gasteiger partial charge in [0.05, 0.1) is 18.8 Å². The summed E-state index contributed by atoms with van der Waals surface area (Å²) in [5.41, 5.74) is 0. The van der Waals surface area contributed by atoms with Crippen LogP contribution in [0.15, 0.2) is 72.9 Å².